The Balaban J connectivity index is 1.94. The summed E-state index contributed by atoms with van der Waals surface area (Å²) >= 11 is 0. The number of aliphatic hydroxyl groups is 1. The molecule has 0 saturated carbocycles. The summed E-state index contributed by atoms with van der Waals surface area (Å²) in [6, 6.07) is 4.32. The number of methoxy groups -OCH3 is 1. The fourth-order valence-corrected chi connectivity index (χ4v) is 3.13. The van der Waals surface area contributed by atoms with E-state index in [1.807, 2.05) is 0 Å². The summed E-state index contributed by atoms with van der Waals surface area (Å²) in [5.74, 6) is 0.968. The molecule has 2 rings (SSSR count). The molecule has 1 fully saturated rings. The first-order valence-electron chi connectivity index (χ1n) is 7.64. The van der Waals surface area contributed by atoms with Crippen LogP contribution in [0.3, 0.4) is 0 Å². The van der Waals surface area contributed by atoms with Gasteiger partial charge in [0.1, 0.15) is 5.75 Å². The van der Waals surface area contributed by atoms with Crippen molar-refractivity contribution in [3.8, 4) is 5.75 Å². The number of aryl methyl sites for hydroxylation is 2. The molecular formula is C17H27NO3. The van der Waals surface area contributed by atoms with Gasteiger partial charge in [-0.1, -0.05) is 12.1 Å². The van der Waals surface area contributed by atoms with Crippen LogP contribution in [0.25, 0.3) is 0 Å². The summed E-state index contributed by atoms with van der Waals surface area (Å²) in [6.45, 7) is 7.52. The normalized spacial score (nSPS) is 17.7. The maximum absolute atomic E-state index is 9.68. The van der Waals surface area contributed by atoms with Crippen LogP contribution in [0.15, 0.2) is 12.1 Å². The van der Waals surface area contributed by atoms with Crippen LogP contribution in [-0.4, -0.2) is 38.6 Å². The Kier molecular flexibility index (Phi) is 5.62. The van der Waals surface area contributed by atoms with Gasteiger partial charge in [-0.05, 0) is 43.4 Å². The second-order valence-electron chi connectivity index (χ2n) is 6.14. The van der Waals surface area contributed by atoms with Crippen molar-refractivity contribution in [3.05, 3.63) is 28.8 Å². The van der Waals surface area contributed by atoms with E-state index in [-0.39, 0.29) is 12.0 Å². The fraction of sp³-hybridized carbons (Fsp3) is 0.647. The molecule has 1 aromatic rings. The Morgan fingerprint density at radius 3 is 2.38 bits per heavy atom. The molecule has 1 saturated heterocycles. The van der Waals surface area contributed by atoms with Gasteiger partial charge in [0.15, 0.2) is 0 Å². The lowest BCUT2D eigenvalue weighted by Gasteiger charge is -2.35. The van der Waals surface area contributed by atoms with Gasteiger partial charge in [0.2, 0.25) is 0 Å². The summed E-state index contributed by atoms with van der Waals surface area (Å²) < 4.78 is 10.8. The lowest BCUT2D eigenvalue weighted by Crippen LogP contribution is -2.41. The predicted molar refractivity (Wildman–Crippen MR) is 83.7 cm³/mol. The number of ether oxygens (including phenoxy) is 2. The quantitative estimate of drug-likeness (QED) is 0.844. The summed E-state index contributed by atoms with van der Waals surface area (Å²) in [7, 11) is 1.71. The maximum Gasteiger partial charge on any atom is 0.124 e. The molecule has 0 spiro atoms. The van der Waals surface area contributed by atoms with Crippen LogP contribution in [0.1, 0.15) is 29.5 Å². The highest BCUT2D eigenvalue weighted by Gasteiger charge is 2.31. The van der Waals surface area contributed by atoms with Crippen molar-refractivity contribution in [3.63, 3.8) is 0 Å². The molecule has 2 N–H and O–H groups in total. The Morgan fingerprint density at radius 1 is 1.24 bits per heavy atom. The third-order valence-corrected chi connectivity index (χ3v) is 4.44. The van der Waals surface area contributed by atoms with Crippen molar-refractivity contribution in [2.45, 2.75) is 33.2 Å². The molecule has 1 aliphatic heterocycles. The van der Waals surface area contributed by atoms with E-state index in [0.29, 0.717) is 0 Å². The zero-order valence-electron chi connectivity index (χ0n) is 13.4. The zero-order valence-corrected chi connectivity index (χ0v) is 13.4. The molecule has 4 heteroatoms. The molecule has 0 amide bonds. The van der Waals surface area contributed by atoms with Gasteiger partial charge in [0, 0.05) is 31.7 Å². The first-order chi connectivity index (χ1) is 10.1. The number of nitrogens with one attached hydrogen (secondary N) is 1. The SMILES string of the molecule is COc1c(C)cc(CNCC2(CO)CCOCC2)cc1C. The predicted octanol–water partition coefficient (Wildman–Crippen LogP) is 2.19. The Labute approximate surface area is 127 Å². The molecule has 0 radical (unpaired) electrons. The minimum atomic E-state index is -0.0190. The number of hydrogen-bond acceptors (Lipinski definition) is 4. The van der Waals surface area contributed by atoms with Crippen molar-refractivity contribution in [2.24, 2.45) is 5.41 Å². The van der Waals surface area contributed by atoms with Crippen molar-refractivity contribution >= 4 is 0 Å². The Hall–Kier alpha value is -1.10. The summed E-state index contributed by atoms with van der Waals surface area (Å²) in [4.78, 5) is 0. The van der Waals surface area contributed by atoms with Gasteiger partial charge >= 0.3 is 0 Å². The van der Waals surface area contributed by atoms with Crippen LogP contribution in [0.2, 0.25) is 0 Å². The molecule has 118 valence electrons. The van der Waals surface area contributed by atoms with Gasteiger partial charge in [0.25, 0.3) is 0 Å². The second-order valence-corrected chi connectivity index (χ2v) is 6.14. The van der Waals surface area contributed by atoms with Crippen molar-refractivity contribution in [1.29, 1.82) is 0 Å². The molecule has 1 heterocycles. The smallest absolute Gasteiger partial charge is 0.124 e. The van der Waals surface area contributed by atoms with Gasteiger partial charge in [0.05, 0.1) is 13.7 Å². The zero-order chi connectivity index (χ0) is 15.3. The molecule has 1 aromatic carbocycles. The maximum atomic E-state index is 9.68. The first kappa shape index (κ1) is 16.3. The van der Waals surface area contributed by atoms with Crippen molar-refractivity contribution < 1.29 is 14.6 Å². The molecule has 4 nitrogen and oxygen atoms in total. The lowest BCUT2D eigenvalue weighted by molar-refractivity contribution is -0.0154. The van der Waals surface area contributed by atoms with E-state index in [1.165, 1.54) is 5.56 Å². The van der Waals surface area contributed by atoms with E-state index < -0.39 is 0 Å². The molecule has 1 aliphatic rings. The van der Waals surface area contributed by atoms with Gasteiger partial charge in [-0.15, -0.1) is 0 Å². The van der Waals surface area contributed by atoms with Gasteiger partial charge in [-0.3, -0.25) is 0 Å². The largest absolute Gasteiger partial charge is 0.496 e. The van der Waals surface area contributed by atoms with Crippen molar-refractivity contribution in [1.82, 2.24) is 5.32 Å². The highest BCUT2D eigenvalue weighted by Crippen LogP contribution is 2.29. The number of hydrogen-bond donors (Lipinski definition) is 2. The van der Waals surface area contributed by atoms with Crippen LogP contribution < -0.4 is 10.1 Å². The second kappa shape index (κ2) is 7.25. The minimum Gasteiger partial charge on any atom is -0.496 e. The highest BCUT2D eigenvalue weighted by atomic mass is 16.5. The van der Waals surface area contributed by atoms with E-state index in [1.54, 1.807) is 7.11 Å². The minimum absolute atomic E-state index is 0.0190. The van der Waals surface area contributed by atoms with E-state index in [9.17, 15) is 5.11 Å². The summed E-state index contributed by atoms with van der Waals surface area (Å²) in [5, 5.41) is 13.2. The third-order valence-electron chi connectivity index (χ3n) is 4.44. The van der Waals surface area contributed by atoms with E-state index in [2.05, 4.69) is 31.3 Å². The summed E-state index contributed by atoms with van der Waals surface area (Å²) in [5.41, 5.74) is 3.56. The third kappa shape index (κ3) is 3.96. The molecule has 0 aromatic heterocycles. The first-order valence-corrected chi connectivity index (χ1v) is 7.64. The molecular weight excluding hydrogens is 266 g/mol. The lowest BCUT2D eigenvalue weighted by atomic mass is 9.81. The van der Waals surface area contributed by atoms with Crippen LogP contribution in [0.4, 0.5) is 0 Å². The molecule has 0 atom stereocenters. The standard InChI is InChI=1S/C17H27NO3/c1-13-8-15(9-14(2)16(13)20-3)10-18-11-17(12-19)4-6-21-7-5-17/h8-9,18-19H,4-7,10-12H2,1-3H3. The van der Waals surface area contributed by atoms with E-state index in [4.69, 9.17) is 9.47 Å². The van der Waals surface area contributed by atoms with Crippen LogP contribution in [0.5, 0.6) is 5.75 Å². The fourth-order valence-electron chi connectivity index (χ4n) is 3.13. The molecule has 21 heavy (non-hydrogen) atoms. The monoisotopic (exact) mass is 293 g/mol. The van der Waals surface area contributed by atoms with Gasteiger partial charge in [-0.2, -0.15) is 0 Å². The van der Waals surface area contributed by atoms with Crippen LogP contribution >= 0.6 is 0 Å². The molecule has 0 unspecified atom stereocenters. The van der Waals surface area contributed by atoms with Gasteiger partial charge < -0.3 is 19.9 Å². The van der Waals surface area contributed by atoms with E-state index in [0.717, 1.165) is 56.0 Å². The number of benzene rings is 1. The Bertz CT molecular complexity index is 444. The topological polar surface area (TPSA) is 50.7 Å². The average Bonchev–Trinajstić information content (AvgIpc) is 2.48. The Morgan fingerprint density at radius 2 is 1.86 bits per heavy atom. The number of rotatable bonds is 6. The highest BCUT2D eigenvalue weighted by molar-refractivity contribution is 5.43. The van der Waals surface area contributed by atoms with E-state index >= 15 is 0 Å². The van der Waals surface area contributed by atoms with Crippen LogP contribution in [0, 0.1) is 19.3 Å². The molecule has 0 aliphatic carbocycles. The molecule has 0 bridgehead atoms. The average molecular weight is 293 g/mol. The van der Waals surface area contributed by atoms with Crippen LogP contribution in [-0.2, 0) is 11.3 Å². The summed E-state index contributed by atoms with van der Waals surface area (Å²) in [6.07, 6.45) is 1.86. The number of aliphatic hydroxyl groups excluding tert-OH is 1. The van der Waals surface area contributed by atoms with Crippen molar-refractivity contribution in [2.75, 3.05) is 33.5 Å². The van der Waals surface area contributed by atoms with Gasteiger partial charge in [-0.25, -0.2) is 0 Å².